The number of ether oxygens (including phenoxy) is 1. The fourth-order valence-electron chi connectivity index (χ4n) is 1.90. The van der Waals surface area contributed by atoms with Crippen LogP contribution in [-0.4, -0.2) is 17.3 Å². The Morgan fingerprint density at radius 3 is 2.69 bits per heavy atom. The maximum absolute atomic E-state index is 11.5. The molecule has 1 aromatic rings. The highest BCUT2D eigenvalue weighted by atomic mass is 32.2. The maximum Gasteiger partial charge on any atom is 0.319 e. The van der Waals surface area contributed by atoms with E-state index in [2.05, 4.69) is 32.0 Å². The second-order valence-corrected chi connectivity index (χ2v) is 5.60. The molecule has 2 unspecified atom stereocenters. The van der Waals surface area contributed by atoms with Gasteiger partial charge in [0.05, 0.1) is 0 Å². The molecule has 0 aromatic heterocycles. The summed E-state index contributed by atoms with van der Waals surface area (Å²) in [5.74, 6) is -0.0718. The lowest BCUT2D eigenvalue weighted by molar-refractivity contribution is -0.140. The average molecular weight is 236 g/mol. The van der Waals surface area contributed by atoms with Crippen LogP contribution >= 0.6 is 11.8 Å². The summed E-state index contributed by atoms with van der Waals surface area (Å²) in [6, 6.07) is 6.32. The van der Waals surface area contributed by atoms with Crippen molar-refractivity contribution in [1.82, 2.24) is 0 Å². The van der Waals surface area contributed by atoms with E-state index in [4.69, 9.17) is 4.74 Å². The Hall–Kier alpha value is -0.960. The first-order valence-corrected chi connectivity index (χ1v) is 6.38. The standard InChI is InChI=1S/C13H16O2S/c1-8-4-5-11(9(2)6-8)16-12-7-10(3)15-13(12)14/h4-6,10,12H,7H2,1-3H3. The Balaban J connectivity index is 2.12. The first kappa shape index (κ1) is 11.5. The van der Waals surface area contributed by atoms with E-state index in [0.29, 0.717) is 0 Å². The van der Waals surface area contributed by atoms with Crippen molar-refractivity contribution in [3.8, 4) is 0 Å². The van der Waals surface area contributed by atoms with Gasteiger partial charge in [-0.3, -0.25) is 4.79 Å². The third kappa shape index (κ3) is 2.40. The number of thioether (sulfide) groups is 1. The van der Waals surface area contributed by atoms with Crippen LogP contribution in [0, 0.1) is 13.8 Å². The minimum Gasteiger partial charge on any atom is -0.462 e. The van der Waals surface area contributed by atoms with E-state index < -0.39 is 0 Å². The molecule has 1 fully saturated rings. The number of cyclic esters (lactones) is 1. The fraction of sp³-hybridized carbons (Fsp3) is 0.462. The molecule has 3 heteroatoms. The Labute approximate surface area is 100 Å². The van der Waals surface area contributed by atoms with Crippen molar-refractivity contribution in [3.05, 3.63) is 29.3 Å². The number of carbonyl (C=O) groups is 1. The molecule has 16 heavy (non-hydrogen) atoms. The molecule has 1 heterocycles. The summed E-state index contributed by atoms with van der Waals surface area (Å²) in [6.45, 7) is 6.10. The molecule has 0 N–H and O–H groups in total. The van der Waals surface area contributed by atoms with E-state index in [9.17, 15) is 4.79 Å². The molecule has 86 valence electrons. The number of aryl methyl sites for hydroxylation is 2. The van der Waals surface area contributed by atoms with Gasteiger partial charge in [0.25, 0.3) is 0 Å². The number of carbonyl (C=O) groups excluding carboxylic acids is 1. The summed E-state index contributed by atoms with van der Waals surface area (Å²) in [6.07, 6.45) is 0.882. The Morgan fingerprint density at radius 2 is 2.12 bits per heavy atom. The SMILES string of the molecule is Cc1ccc(SC2CC(C)OC2=O)c(C)c1. The summed E-state index contributed by atoms with van der Waals surface area (Å²) in [4.78, 5) is 12.7. The van der Waals surface area contributed by atoms with Gasteiger partial charge in [0, 0.05) is 11.3 Å². The molecule has 1 aliphatic heterocycles. The maximum atomic E-state index is 11.5. The van der Waals surface area contributed by atoms with Crippen LogP contribution in [0.4, 0.5) is 0 Å². The summed E-state index contributed by atoms with van der Waals surface area (Å²) in [5, 5.41) is -0.0311. The van der Waals surface area contributed by atoms with Gasteiger partial charge >= 0.3 is 5.97 Å². The molecular formula is C13H16O2S. The van der Waals surface area contributed by atoms with Crippen molar-refractivity contribution in [1.29, 1.82) is 0 Å². The molecule has 1 aliphatic rings. The average Bonchev–Trinajstić information content (AvgIpc) is 2.50. The lowest BCUT2D eigenvalue weighted by atomic mass is 10.2. The van der Waals surface area contributed by atoms with Gasteiger partial charge in [0.15, 0.2) is 0 Å². The smallest absolute Gasteiger partial charge is 0.319 e. The van der Waals surface area contributed by atoms with Gasteiger partial charge in [0.1, 0.15) is 11.4 Å². The van der Waals surface area contributed by atoms with Gasteiger partial charge < -0.3 is 4.74 Å². The van der Waals surface area contributed by atoms with E-state index >= 15 is 0 Å². The zero-order chi connectivity index (χ0) is 11.7. The zero-order valence-corrected chi connectivity index (χ0v) is 10.6. The number of hydrogen-bond acceptors (Lipinski definition) is 3. The summed E-state index contributed by atoms with van der Waals surface area (Å²) in [7, 11) is 0. The molecule has 1 saturated heterocycles. The van der Waals surface area contributed by atoms with Crippen molar-refractivity contribution in [2.24, 2.45) is 0 Å². The minimum absolute atomic E-state index is 0.0311. The van der Waals surface area contributed by atoms with Gasteiger partial charge in [-0.2, -0.15) is 0 Å². The monoisotopic (exact) mass is 236 g/mol. The quantitative estimate of drug-likeness (QED) is 0.738. The van der Waals surface area contributed by atoms with Crippen LogP contribution in [0.1, 0.15) is 24.5 Å². The third-order valence-corrected chi connectivity index (χ3v) is 4.11. The van der Waals surface area contributed by atoms with Gasteiger partial charge in [-0.15, -0.1) is 11.8 Å². The Bertz CT molecular complexity index is 414. The van der Waals surface area contributed by atoms with Gasteiger partial charge in [-0.25, -0.2) is 0 Å². The van der Waals surface area contributed by atoms with Gasteiger partial charge in [0.2, 0.25) is 0 Å². The summed E-state index contributed by atoms with van der Waals surface area (Å²) >= 11 is 1.62. The van der Waals surface area contributed by atoms with Crippen molar-refractivity contribution in [2.45, 2.75) is 43.4 Å². The lowest BCUT2D eigenvalue weighted by Gasteiger charge is -2.09. The van der Waals surface area contributed by atoms with E-state index in [1.165, 1.54) is 16.0 Å². The summed E-state index contributed by atoms with van der Waals surface area (Å²) < 4.78 is 5.15. The minimum atomic E-state index is -0.0718. The van der Waals surface area contributed by atoms with Gasteiger partial charge in [-0.1, -0.05) is 17.7 Å². The second-order valence-electron chi connectivity index (χ2n) is 4.36. The van der Waals surface area contributed by atoms with Crippen LogP contribution in [0.2, 0.25) is 0 Å². The third-order valence-electron chi connectivity index (χ3n) is 2.73. The van der Waals surface area contributed by atoms with E-state index in [-0.39, 0.29) is 17.3 Å². The zero-order valence-electron chi connectivity index (χ0n) is 9.82. The first-order valence-electron chi connectivity index (χ1n) is 5.50. The highest BCUT2D eigenvalue weighted by Gasteiger charge is 2.32. The van der Waals surface area contributed by atoms with Crippen LogP contribution in [0.25, 0.3) is 0 Å². The van der Waals surface area contributed by atoms with Crippen LogP contribution in [0.5, 0.6) is 0 Å². The number of hydrogen-bond donors (Lipinski definition) is 0. The van der Waals surface area contributed by atoms with E-state index in [0.717, 1.165) is 6.42 Å². The fourth-order valence-corrected chi connectivity index (χ4v) is 3.12. The molecule has 0 amide bonds. The molecule has 1 aromatic carbocycles. The highest BCUT2D eigenvalue weighted by Crippen LogP contribution is 2.33. The van der Waals surface area contributed by atoms with Crippen LogP contribution < -0.4 is 0 Å². The van der Waals surface area contributed by atoms with Crippen molar-refractivity contribution < 1.29 is 9.53 Å². The predicted octanol–water partition coefficient (Wildman–Crippen LogP) is 3.10. The van der Waals surface area contributed by atoms with Crippen molar-refractivity contribution in [3.63, 3.8) is 0 Å². The van der Waals surface area contributed by atoms with Crippen molar-refractivity contribution in [2.75, 3.05) is 0 Å². The molecular weight excluding hydrogens is 220 g/mol. The molecule has 0 spiro atoms. The van der Waals surface area contributed by atoms with Crippen LogP contribution in [0.15, 0.2) is 23.1 Å². The summed E-state index contributed by atoms with van der Waals surface area (Å²) in [5.41, 5.74) is 2.49. The molecule has 2 atom stereocenters. The van der Waals surface area contributed by atoms with Gasteiger partial charge in [-0.05, 0) is 32.4 Å². The van der Waals surface area contributed by atoms with Crippen LogP contribution in [-0.2, 0) is 9.53 Å². The molecule has 0 aliphatic carbocycles. The first-order chi connectivity index (χ1) is 7.56. The predicted molar refractivity (Wildman–Crippen MR) is 65.7 cm³/mol. The number of rotatable bonds is 2. The second kappa shape index (κ2) is 4.50. The normalized spacial score (nSPS) is 24.6. The topological polar surface area (TPSA) is 26.3 Å². The Morgan fingerprint density at radius 1 is 1.38 bits per heavy atom. The Kier molecular flexibility index (Phi) is 3.24. The molecule has 0 bridgehead atoms. The molecule has 0 radical (unpaired) electrons. The number of benzene rings is 1. The molecule has 0 saturated carbocycles. The lowest BCUT2D eigenvalue weighted by Crippen LogP contribution is -2.09. The van der Waals surface area contributed by atoms with E-state index in [1.807, 2.05) is 6.92 Å². The number of esters is 1. The largest absolute Gasteiger partial charge is 0.462 e. The van der Waals surface area contributed by atoms with Crippen LogP contribution in [0.3, 0.4) is 0 Å². The van der Waals surface area contributed by atoms with Crippen molar-refractivity contribution >= 4 is 17.7 Å². The highest BCUT2D eigenvalue weighted by molar-refractivity contribution is 8.00. The molecule has 2 rings (SSSR count). The molecule has 2 nitrogen and oxygen atoms in total. The van der Waals surface area contributed by atoms with E-state index in [1.54, 1.807) is 11.8 Å².